The summed E-state index contributed by atoms with van der Waals surface area (Å²) in [7, 11) is 1.35. The molecule has 2 aliphatic rings. The molecule has 0 bridgehead atoms. The van der Waals surface area contributed by atoms with Crippen molar-refractivity contribution in [3.05, 3.63) is 53.2 Å². The number of ether oxygens (including phenoxy) is 1. The molecule has 0 radical (unpaired) electrons. The summed E-state index contributed by atoms with van der Waals surface area (Å²) in [6, 6.07) is 6.06. The summed E-state index contributed by atoms with van der Waals surface area (Å²) < 4.78 is 21.6. The van der Waals surface area contributed by atoms with Gasteiger partial charge in [0.25, 0.3) is 0 Å². The van der Waals surface area contributed by atoms with E-state index in [0.717, 1.165) is 23.9 Å². The van der Waals surface area contributed by atoms with Crippen molar-refractivity contribution in [2.24, 2.45) is 5.92 Å². The number of benzene rings is 2. The summed E-state index contributed by atoms with van der Waals surface area (Å²) in [5, 5.41) is 28.9. The number of nitrogens with zero attached hydrogens (tertiary/aromatic N) is 4. The molecule has 1 aliphatic carbocycles. The molecule has 204 valence electrons. The monoisotopic (exact) mass is 535 g/mol. The molecule has 0 saturated heterocycles. The van der Waals surface area contributed by atoms with Crippen LogP contribution in [0.4, 0.5) is 14.9 Å². The van der Waals surface area contributed by atoms with Crippen molar-refractivity contribution in [2.75, 3.05) is 12.0 Å². The Morgan fingerprint density at radius 1 is 1.23 bits per heavy atom. The van der Waals surface area contributed by atoms with Gasteiger partial charge < -0.3 is 19.5 Å². The van der Waals surface area contributed by atoms with Crippen LogP contribution in [0.15, 0.2) is 30.5 Å². The number of hydrogen-bond acceptors (Lipinski definition) is 6. The molecule has 0 unspecified atom stereocenters. The van der Waals surface area contributed by atoms with Crippen molar-refractivity contribution in [3.8, 4) is 0 Å². The largest absolute Gasteiger partial charge is 0.481 e. The van der Waals surface area contributed by atoms with Gasteiger partial charge in [0.1, 0.15) is 17.7 Å². The van der Waals surface area contributed by atoms with Crippen molar-refractivity contribution >= 4 is 39.7 Å². The first-order valence-corrected chi connectivity index (χ1v) is 13.2. The summed E-state index contributed by atoms with van der Waals surface area (Å²) >= 11 is 0. The number of hydrogen-bond donors (Lipinski definition) is 3. The fourth-order valence-corrected chi connectivity index (χ4v) is 6.39. The van der Waals surface area contributed by atoms with Crippen LogP contribution < -0.4 is 4.90 Å². The number of halogens is 1. The predicted octanol–water partition coefficient (Wildman–Crippen LogP) is 4.86. The van der Waals surface area contributed by atoms with Crippen LogP contribution >= 0.6 is 0 Å². The summed E-state index contributed by atoms with van der Waals surface area (Å²) in [6.07, 6.45) is 3.53. The van der Waals surface area contributed by atoms with Crippen molar-refractivity contribution in [1.29, 1.82) is 0 Å². The second-order valence-electron chi connectivity index (χ2n) is 10.6. The highest BCUT2D eigenvalue weighted by Crippen LogP contribution is 2.42. The zero-order valence-electron chi connectivity index (χ0n) is 21.7. The molecule has 1 saturated carbocycles. The number of amides is 1. The lowest BCUT2D eigenvalue weighted by Gasteiger charge is -2.34. The number of aromatic nitrogens is 4. The smallest absolute Gasteiger partial charge is 0.414 e. The number of aromatic amines is 1. The van der Waals surface area contributed by atoms with Gasteiger partial charge in [-0.3, -0.25) is 14.8 Å². The maximum Gasteiger partial charge on any atom is 0.414 e. The normalized spacial score (nSPS) is 22.2. The van der Waals surface area contributed by atoms with Gasteiger partial charge in [0.2, 0.25) is 0 Å². The molecular formula is C28H30FN5O5. The topological polar surface area (TPSA) is 134 Å². The van der Waals surface area contributed by atoms with Gasteiger partial charge in [0, 0.05) is 28.6 Å². The van der Waals surface area contributed by atoms with E-state index in [0.29, 0.717) is 59.2 Å². The van der Waals surface area contributed by atoms with Gasteiger partial charge in [-0.1, -0.05) is 6.42 Å². The highest BCUT2D eigenvalue weighted by Gasteiger charge is 2.36. The van der Waals surface area contributed by atoms with E-state index < -0.39 is 29.9 Å². The highest BCUT2D eigenvalue weighted by atomic mass is 19.1. The standard InChI is InChI=1S/C28H30FN5O5/c1-14-6-7-19-21(33(14)28(38)39-2)8-9-22-24(19)31-26(34(22)18-5-3-4-15(11-18)27(36)37)25(35)20-12-17(29)10-16-13-30-32-23(16)20/h8-10,12-15,18,25,35H,3-7,11H2,1-2H3,(H,30,32)(H,36,37)/t14-,15+,18+,25-/m0/s1. The number of carbonyl (C=O) groups excluding carboxylic acids is 1. The van der Waals surface area contributed by atoms with Crippen LogP contribution in [-0.4, -0.2) is 55.2 Å². The number of aliphatic carboxylic acids is 1. The van der Waals surface area contributed by atoms with Crippen LogP contribution in [0.2, 0.25) is 0 Å². The number of imidazole rings is 1. The van der Waals surface area contributed by atoms with Crippen molar-refractivity contribution in [1.82, 2.24) is 19.7 Å². The molecule has 2 aromatic carbocycles. The minimum atomic E-state index is -1.31. The number of aliphatic hydroxyl groups excluding tert-OH is 1. The Balaban J connectivity index is 1.57. The number of carboxylic acid groups (broad SMARTS) is 1. The van der Waals surface area contributed by atoms with E-state index in [4.69, 9.17) is 9.72 Å². The molecular weight excluding hydrogens is 505 g/mol. The molecule has 4 aromatic rings. The maximum atomic E-state index is 14.6. The second-order valence-corrected chi connectivity index (χ2v) is 10.6. The van der Waals surface area contributed by atoms with Crippen molar-refractivity contribution in [2.45, 2.75) is 63.6 Å². The van der Waals surface area contributed by atoms with Gasteiger partial charge >= 0.3 is 12.1 Å². The number of aryl methyl sites for hydroxylation is 1. The van der Waals surface area contributed by atoms with E-state index in [1.165, 1.54) is 25.4 Å². The number of fused-ring (bicyclic) bond motifs is 4. The Labute approximate surface area is 223 Å². The van der Waals surface area contributed by atoms with E-state index in [-0.39, 0.29) is 12.1 Å². The first kappa shape index (κ1) is 25.3. The van der Waals surface area contributed by atoms with E-state index >= 15 is 0 Å². The Morgan fingerprint density at radius 2 is 2.05 bits per heavy atom. The molecule has 10 nitrogen and oxygen atoms in total. The Hall–Kier alpha value is -3.99. The number of carboxylic acids is 1. The average Bonchev–Trinajstić information content (AvgIpc) is 3.56. The van der Waals surface area contributed by atoms with Crippen LogP contribution in [-0.2, 0) is 16.0 Å². The molecule has 2 aromatic heterocycles. The van der Waals surface area contributed by atoms with Gasteiger partial charge in [-0.05, 0) is 63.3 Å². The molecule has 3 N–H and O–H groups in total. The molecule has 6 rings (SSSR count). The minimum Gasteiger partial charge on any atom is -0.481 e. The van der Waals surface area contributed by atoms with Gasteiger partial charge in [-0.15, -0.1) is 0 Å². The Kier molecular flexibility index (Phi) is 6.25. The number of carbonyl (C=O) groups is 2. The zero-order valence-corrected chi connectivity index (χ0v) is 21.7. The zero-order chi connectivity index (χ0) is 27.4. The highest BCUT2D eigenvalue weighted by molar-refractivity contribution is 5.95. The van der Waals surface area contributed by atoms with Gasteiger partial charge in [-0.2, -0.15) is 5.10 Å². The van der Waals surface area contributed by atoms with E-state index in [9.17, 15) is 24.2 Å². The van der Waals surface area contributed by atoms with Gasteiger partial charge in [0.15, 0.2) is 0 Å². The first-order valence-electron chi connectivity index (χ1n) is 13.2. The maximum absolute atomic E-state index is 14.6. The van der Waals surface area contributed by atoms with Gasteiger partial charge in [0.05, 0.1) is 41.5 Å². The molecule has 3 heterocycles. The van der Waals surface area contributed by atoms with Crippen LogP contribution in [0, 0.1) is 11.7 Å². The molecule has 1 fully saturated rings. The van der Waals surface area contributed by atoms with Crippen LogP contribution in [0.5, 0.6) is 0 Å². The van der Waals surface area contributed by atoms with Crippen molar-refractivity contribution in [3.63, 3.8) is 0 Å². The summed E-state index contributed by atoms with van der Waals surface area (Å²) in [5.41, 5.74) is 3.74. The molecule has 1 aliphatic heterocycles. The molecule has 1 amide bonds. The SMILES string of the molecule is COC(=O)N1c2ccc3c(nc([C@@H](O)c4cc(F)cc5cn[nH]c45)n3[C@@H]3CCC[C@@H](C(=O)O)C3)c2CC[C@@H]1C. The minimum absolute atomic E-state index is 0.0647. The van der Waals surface area contributed by atoms with Crippen LogP contribution in [0.25, 0.3) is 21.9 Å². The second kappa shape index (κ2) is 9.64. The quantitative estimate of drug-likeness (QED) is 0.340. The predicted molar refractivity (Wildman–Crippen MR) is 141 cm³/mol. The molecule has 4 atom stereocenters. The number of methoxy groups -OCH3 is 1. The Morgan fingerprint density at radius 3 is 2.82 bits per heavy atom. The molecule has 39 heavy (non-hydrogen) atoms. The van der Waals surface area contributed by atoms with Crippen molar-refractivity contribution < 1.29 is 28.9 Å². The Bertz CT molecular complexity index is 1600. The fourth-order valence-electron chi connectivity index (χ4n) is 6.39. The number of aliphatic hydroxyl groups is 1. The summed E-state index contributed by atoms with van der Waals surface area (Å²) in [5.74, 6) is -1.55. The number of nitrogens with one attached hydrogen (secondary N) is 1. The third kappa shape index (κ3) is 4.12. The van der Waals surface area contributed by atoms with E-state index in [2.05, 4.69) is 10.2 Å². The number of anilines is 1. The van der Waals surface area contributed by atoms with Gasteiger partial charge in [-0.25, -0.2) is 14.2 Å². The van der Waals surface area contributed by atoms with Crippen LogP contribution in [0.1, 0.15) is 68.1 Å². The lowest BCUT2D eigenvalue weighted by atomic mass is 9.85. The molecule has 11 heteroatoms. The summed E-state index contributed by atoms with van der Waals surface area (Å²) in [6.45, 7) is 1.96. The fraction of sp³-hybridized carbons (Fsp3) is 0.429. The average molecular weight is 536 g/mol. The lowest BCUT2D eigenvalue weighted by molar-refractivity contribution is -0.143. The molecule has 0 spiro atoms. The third-order valence-electron chi connectivity index (χ3n) is 8.30. The third-order valence-corrected chi connectivity index (χ3v) is 8.30. The summed E-state index contributed by atoms with van der Waals surface area (Å²) in [4.78, 5) is 31.1. The van der Waals surface area contributed by atoms with E-state index in [1.807, 2.05) is 23.6 Å². The first-order chi connectivity index (χ1) is 18.8. The number of rotatable bonds is 4. The van der Waals surface area contributed by atoms with E-state index in [1.54, 1.807) is 4.90 Å². The van der Waals surface area contributed by atoms with Crippen LogP contribution in [0.3, 0.4) is 0 Å². The number of H-pyrrole nitrogens is 1. The lowest BCUT2D eigenvalue weighted by Crippen LogP contribution is -2.42.